The second-order valence-electron chi connectivity index (χ2n) is 2.78. The Balaban J connectivity index is 0.00000169. The molecule has 1 rings (SSSR count). The molecule has 0 fully saturated rings. The van der Waals surface area contributed by atoms with E-state index in [4.69, 9.17) is 22.4 Å². The van der Waals surface area contributed by atoms with Crippen LogP contribution in [0.2, 0.25) is 5.02 Å². The lowest BCUT2D eigenvalue weighted by Crippen LogP contribution is -2.32. The number of carboxylic acid groups (broad SMARTS) is 1. The molecule has 0 bridgehead atoms. The van der Waals surface area contributed by atoms with Gasteiger partial charge >= 0.3 is 5.97 Å². The van der Waals surface area contributed by atoms with Gasteiger partial charge in [-0.15, -0.1) is 17.0 Å². The Morgan fingerprint density at radius 1 is 1.43 bits per heavy atom. The number of benzene rings is 1. The number of halogens is 2. The first-order valence-electron chi connectivity index (χ1n) is 3.82. The molecule has 1 aromatic rings. The summed E-state index contributed by atoms with van der Waals surface area (Å²) in [6.07, 6.45) is 0.326. The van der Waals surface area contributed by atoms with E-state index in [1.54, 1.807) is 24.3 Å². The van der Waals surface area contributed by atoms with E-state index in [1.807, 2.05) is 0 Å². The monoisotopic (exact) mass is 279 g/mol. The molecule has 0 saturated heterocycles. The zero-order valence-corrected chi connectivity index (χ0v) is 9.78. The molecule has 78 valence electrons. The van der Waals surface area contributed by atoms with Crippen molar-refractivity contribution in [2.24, 2.45) is 5.73 Å². The number of hydrogen-bond donors (Lipinski definition) is 2. The second kappa shape index (κ2) is 6.01. The van der Waals surface area contributed by atoms with E-state index in [-0.39, 0.29) is 17.0 Å². The van der Waals surface area contributed by atoms with Crippen molar-refractivity contribution in [1.29, 1.82) is 0 Å². The third-order valence-electron chi connectivity index (χ3n) is 1.69. The van der Waals surface area contributed by atoms with Gasteiger partial charge in [0.25, 0.3) is 0 Å². The van der Waals surface area contributed by atoms with Crippen molar-refractivity contribution in [2.75, 3.05) is 0 Å². The van der Waals surface area contributed by atoms with Gasteiger partial charge in [-0.2, -0.15) is 0 Å². The Bertz CT molecular complexity index is 302. The fourth-order valence-corrected chi connectivity index (χ4v) is 1.09. The van der Waals surface area contributed by atoms with E-state index in [9.17, 15) is 4.79 Å². The molecule has 0 aliphatic rings. The summed E-state index contributed by atoms with van der Waals surface area (Å²) in [5.74, 6) is -0.991. The fourth-order valence-electron chi connectivity index (χ4n) is 0.962. The summed E-state index contributed by atoms with van der Waals surface area (Å²) in [4.78, 5) is 10.4. The minimum Gasteiger partial charge on any atom is -0.480 e. The lowest BCUT2D eigenvalue weighted by atomic mass is 10.1. The van der Waals surface area contributed by atoms with E-state index in [1.165, 1.54) is 0 Å². The first-order chi connectivity index (χ1) is 6.09. The van der Waals surface area contributed by atoms with Gasteiger partial charge in [-0.3, -0.25) is 4.79 Å². The van der Waals surface area contributed by atoms with E-state index >= 15 is 0 Å². The molecule has 0 heterocycles. The summed E-state index contributed by atoms with van der Waals surface area (Å²) in [6.45, 7) is 0. The molecule has 0 aliphatic heterocycles. The number of hydrogen-bond acceptors (Lipinski definition) is 2. The summed E-state index contributed by atoms with van der Waals surface area (Å²) < 4.78 is 0. The minimum atomic E-state index is -0.991. The molecule has 0 saturated carbocycles. The van der Waals surface area contributed by atoms with Crippen LogP contribution in [0.15, 0.2) is 24.3 Å². The smallest absolute Gasteiger partial charge is 0.320 e. The normalized spacial score (nSPS) is 11.6. The summed E-state index contributed by atoms with van der Waals surface area (Å²) in [5, 5.41) is 9.18. The van der Waals surface area contributed by atoms with E-state index in [0.29, 0.717) is 11.4 Å². The quantitative estimate of drug-likeness (QED) is 0.888. The van der Waals surface area contributed by atoms with Crippen LogP contribution >= 0.6 is 28.6 Å². The summed E-state index contributed by atoms with van der Waals surface area (Å²) in [7, 11) is 0. The van der Waals surface area contributed by atoms with Crippen LogP contribution in [-0.4, -0.2) is 17.1 Å². The number of nitrogens with two attached hydrogens (primary N) is 1. The molecule has 3 nitrogen and oxygen atoms in total. The molecule has 0 amide bonds. The molecule has 0 radical (unpaired) electrons. The van der Waals surface area contributed by atoms with Crippen LogP contribution in [0.5, 0.6) is 0 Å². The Morgan fingerprint density at radius 3 is 2.36 bits per heavy atom. The van der Waals surface area contributed by atoms with Crippen molar-refractivity contribution in [3.8, 4) is 0 Å². The average Bonchev–Trinajstić information content (AvgIpc) is 2.08. The Morgan fingerprint density at radius 2 is 1.93 bits per heavy atom. The fraction of sp³-hybridized carbons (Fsp3) is 0.222. The molecule has 14 heavy (non-hydrogen) atoms. The molecule has 0 spiro atoms. The lowest BCUT2D eigenvalue weighted by molar-refractivity contribution is -0.138. The van der Waals surface area contributed by atoms with Crippen LogP contribution in [0, 0.1) is 0 Å². The number of carbonyl (C=O) groups is 1. The predicted octanol–water partition coefficient (Wildman–Crippen LogP) is 1.87. The van der Waals surface area contributed by atoms with Crippen molar-refractivity contribution >= 4 is 34.6 Å². The predicted molar refractivity (Wildman–Crippen MR) is 61.1 cm³/mol. The topological polar surface area (TPSA) is 63.3 Å². The largest absolute Gasteiger partial charge is 0.480 e. The zero-order valence-electron chi connectivity index (χ0n) is 7.31. The standard InChI is InChI=1S/C9H10ClNO2.BrH/c10-7-3-1-6(2-4-7)5-8(11)9(12)13;/h1-4,8H,5,11H2,(H,12,13);1H. The van der Waals surface area contributed by atoms with E-state index in [0.717, 1.165) is 5.56 Å². The Labute approximate surface area is 97.6 Å². The van der Waals surface area contributed by atoms with Crippen molar-refractivity contribution in [3.63, 3.8) is 0 Å². The van der Waals surface area contributed by atoms with Crippen LogP contribution in [0.3, 0.4) is 0 Å². The van der Waals surface area contributed by atoms with Crippen molar-refractivity contribution in [3.05, 3.63) is 34.9 Å². The summed E-state index contributed by atoms with van der Waals surface area (Å²) >= 11 is 5.66. The molecule has 5 heteroatoms. The molecule has 3 N–H and O–H groups in total. The summed E-state index contributed by atoms with van der Waals surface area (Å²) in [5.41, 5.74) is 6.23. The number of aliphatic carboxylic acids is 1. The molecular weight excluding hydrogens is 269 g/mol. The van der Waals surface area contributed by atoms with Crippen LogP contribution in [0.4, 0.5) is 0 Å². The first-order valence-corrected chi connectivity index (χ1v) is 4.20. The van der Waals surface area contributed by atoms with E-state index < -0.39 is 12.0 Å². The Hall–Kier alpha value is -0.580. The van der Waals surface area contributed by atoms with Crippen molar-refractivity contribution < 1.29 is 9.90 Å². The number of carboxylic acids is 1. The first kappa shape index (κ1) is 13.4. The van der Waals surface area contributed by atoms with Gasteiger partial charge in [-0.25, -0.2) is 0 Å². The van der Waals surface area contributed by atoms with Crippen LogP contribution in [0.25, 0.3) is 0 Å². The molecule has 0 aromatic heterocycles. The highest BCUT2D eigenvalue weighted by molar-refractivity contribution is 8.93. The molecule has 1 aromatic carbocycles. The van der Waals surface area contributed by atoms with Crippen molar-refractivity contribution in [2.45, 2.75) is 12.5 Å². The average molecular weight is 281 g/mol. The van der Waals surface area contributed by atoms with Crippen molar-refractivity contribution in [1.82, 2.24) is 0 Å². The second-order valence-corrected chi connectivity index (χ2v) is 3.21. The molecule has 1 unspecified atom stereocenters. The third-order valence-corrected chi connectivity index (χ3v) is 1.94. The maximum Gasteiger partial charge on any atom is 0.320 e. The van der Waals surface area contributed by atoms with Gasteiger partial charge in [0.2, 0.25) is 0 Å². The van der Waals surface area contributed by atoms with Gasteiger partial charge < -0.3 is 10.8 Å². The van der Waals surface area contributed by atoms with Gasteiger partial charge in [0.1, 0.15) is 6.04 Å². The molecule has 1 atom stereocenters. The van der Waals surface area contributed by atoms with E-state index in [2.05, 4.69) is 0 Å². The highest BCUT2D eigenvalue weighted by Gasteiger charge is 2.11. The van der Waals surface area contributed by atoms with Gasteiger partial charge in [0, 0.05) is 5.02 Å². The third kappa shape index (κ3) is 4.09. The highest BCUT2D eigenvalue weighted by Crippen LogP contribution is 2.10. The van der Waals surface area contributed by atoms with Gasteiger partial charge in [-0.05, 0) is 24.1 Å². The maximum absolute atomic E-state index is 10.4. The lowest BCUT2D eigenvalue weighted by Gasteiger charge is -2.05. The Kier molecular flexibility index (Phi) is 5.76. The van der Waals surface area contributed by atoms with Gasteiger partial charge in [-0.1, -0.05) is 23.7 Å². The zero-order chi connectivity index (χ0) is 9.84. The molecular formula is C9H11BrClNO2. The number of rotatable bonds is 3. The van der Waals surface area contributed by atoms with Crippen LogP contribution in [-0.2, 0) is 11.2 Å². The maximum atomic E-state index is 10.4. The minimum absolute atomic E-state index is 0. The van der Waals surface area contributed by atoms with Crippen LogP contribution < -0.4 is 5.73 Å². The SMILES string of the molecule is Br.NC(Cc1ccc(Cl)cc1)C(=O)O. The van der Waals surface area contributed by atoms with Gasteiger partial charge in [0.15, 0.2) is 0 Å². The van der Waals surface area contributed by atoms with Gasteiger partial charge in [0.05, 0.1) is 0 Å². The summed E-state index contributed by atoms with van der Waals surface area (Å²) in [6, 6.07) is 6.12. The highest BCUT2D eigenvalue weighted by atomic mass is 79.9. The van der Waals surface area contributed by atoms with Crippen LogP contribution in [0.1, 0.15) is 5.56 Å². The molecule has 0 aliphatic carbocycles.